The number of benzene rings is 2. The van der Waals surface area contributed by atoms with Gasteiger partial charge in [0, 0.05) is 12.1 Å². The van der Waals surface area contributed by atoms with Crippen LogP contribution in [0.25, 0.3) is 10.8 Å². The summed E-state index contributed by atoms with van der Waals surface area (Å²) in [4.78, 5) is 0. The number of fused-ring (bicyclic) bond motifs is 1. The fourth-order valence-electron chi connectivity index (χ4n) is 1.84. The number of quaternary nitrogens is 1. The van der Waals surface area contributed by atoms with Gasteiger partial charge < -0.3 is 11.1 Å². The number of rotatable bonds is 4. The zero-order chi connectivity index (χ0) is 13.2. The summed E-state index contributed by atoms with van der Waals surface area (Å²) >= 11 is 0. The van der Waals surface area contributed by atoms with Gasteiger partial charge in [-0.15, -0.1) is 0 Å². The molecule has 0 radical (unpaired) electrons. The van der Waals surface area contributed by atoms with Crippen molar-refractivity contribution in [3.63, 3.8) is 0 Å². The van der Waals surface area contributed by atoms with Crippen molar-refractivity contribution in [2.24, 2.45) is 5.73 Å². The van der Waals surface area contributed by atoms with Gasteiger partial charge in [-0.25, -0.2) is 0 Å². The molecule has 0 heterocycles. The minimum absolute atomic E-state index is 0.603. The van der Waals surface area contributed by atoms with Gasteiger partial charge >= 0.3 is 0 Å². The smallest absolute Gasteiger partial charge is 0.106 e. The van der Waals surface area contributed by atoms with Crippen LogP contribution < -0.4 is 11.1 Å². The molecule has 2 aromatic rings. The molecular weight excluding hydrogens is 220 g/mol. The third kappa shape index (κ3) is 3.99. The van der Waals surface area contributed by atoms with Crippen LogP contribution in [0, 0.1) is 0 Å². The maximum atomic E-state index is 5.39. The van der Waals surface area contributed by atoms with Crippen LogP contribution in [0.4, 0.5) is 0 Å². The lowest BCUT2D eigenvalue weighted by atomic mass is 10.0. The van der Waals surface area contributed by atoms with Crippen LogP contribution >= 0.6 is 0 Å². The highest BCUT2D eigenvalue weighted by Crippen LogP contribution is 2.17. The Morgan fingerprint density at radius 2 is 1.78 bits per heavy atom. The second-order valence-corrected chi connectivity index (χ2v) is 3.74. The molecule has 0 aliphatic heterocycles. The molecule has 2 aromatic carbocycles. The molecule has 2 nitrogen and oxygen atoms in total. The molecule has 0 amide bonds. The lowest BCUT2D eigenvalue weighted by molar-refractivity contribution is -0.604. The summed E-state index contributed by atoms with van der Waals surface area (Å²) in [5.41, 5.74) is 6.75. The van der Waals surface area contributed by atoms with Crippen LogP contribution in [0.5, 0.6) is 0 Å². The molecule has 0 unspecified atom stereocenters. The van der Waals surface area contributed by atoms with Gasteiger partial charge in [-0.05, 0) is 16.8 Å². The summed E-state index contributed by atoms with van der Waals surface area (Å²) in [5.74, 6) is 0. The minimum atomic E-state index is 0.603. The highest BCUT2D eigenvalue weighted by Gasteiger charge is 1.99. The van der Waals surface area contributed by atoms with E-state index in [1.54, 1.807) is 0 Å². The number of hydrogen-bond donors (Lipinski definition) is 2. The van der Waals surface area contributed by atoms with Gasteiger partial charge in [-0.3, -0.25) is 0 Å². The number of nitrogens with two attached hydrogens (primary N) is 2. The maximum Gasteiger partial charge on any atom is 0.106 e. The van der Waals surface area contributed by atoms with Crippen LogP contribution in [0.1, 0.15) is 19.4 Å². The van der Waals surface area contributed by atoms with Gasteiger partial charge in [0.1, 0.15) is 6.54 Å². The summed E-state index contributed by atoms with van der Waals surface area (Å²) < 4.78 is 0. The normalized spacial score (nSPS) is 10.4. The minimum Gasteiger partial charge on any atom is -0.327 e. The van der Waals surface area contributed by atoms with Crippen molar-refractivity contribution in [1.29, 1.82) is 0 Å². The van der Waals surface area contributed by atoms with Crippen LogP contribution in [0.2, 0.25) is 0 Å². The Hall–Kier alpha value is -1.64. The monoisotopic (exact) mass is 243 g/mol. The van der Waals surface area contributed by atoms with E-state index in [0.717, 1.165) is 6.54 Å². The van der Waals surface area contributed by atoms with Crippen molar-refractivity contribution >= 4 is 10.8 Å². The average molecular weight is 243 g/mol. The Kier molecular flexibility index (Phi) is 6.77. The van der Waals surface area contributed by atoms with E-state index in [9.17, 15) is 0 Å². The largest absolute Gasteiger partial charge is 0.327 e. The molecule has 0 aromatic heterocycles. The molecule has 96 valence electrons. The molecule has 2 heteroatoms. The molecule has 18 heavy (non-hydrogen) atoms. The molecule has 0 saturated carbocycles. The Morgan fingerprint density at radius 1 is 1.06 bits per heavy atom. The van der Waals surface area contributed by atoms with Crippen molar-refractivity contribution in [3.05, 3.63) is 60.3 Å². The fraction of sp³-hybridized carbons (Fsp3) is 0.250. The predicted octanol–water partition coefficient (Wildman–Crippen LogP) is 2.40. The van der Waals surface area contributed by atoms with Gasteiger partial charge in [0.2, 0.25) is 0 Å². The van der Waals surface area contributed by atoms with E-state index in [2.05, 4.69) is 47.8 Å². The Balaban J connectivity index is 0.000000771. The molecular formula is C16H23N2+. The molecule has 4 N–H and O–H groups in total. The van der Waals surface area contributed by atoms with Crippen LogP contribution in [-0.2, 0) is 6.54 Å². The van der Waals surface area contributed by atoms with Crippen molar-refractivity contribution in [2.75, 3.05) is 6.54 Å². The van der Waals surface area contributed by atoms with Crippen LogP contribution in [0.15, 0.2) is 54.7 Å². The van der Waals surface area contributed by atoms with E-state index in [1.165, 1.54) is 16.3 Å². The van der Waals surface area contributed by atoms with Crippen molar-refractivity contribution in [3.8, 4) is 0 Å². The first kappa shape index (κ1) is 14.4. The Morgan fingerprint density at radius 3 is 2.56 bits per heavy atom. The van der Waals surface area contributed by atoms with Gasteiger partial charge in [0.15, 0.2) is 0 Å². The van der Waals surface area contributed by atoms with Crippen molar-refractivity contribution in [1.82, 2.24) is 0 Å². The molecule has 2 rings (SSSR count). The van der Waals surface area contributed by atoms with Gasteiger partial charge in [-0.1, -0.05) is 56.3 Å². The molecule has 0 aliphatic carbocycles. The summed E-state index contributed by atoms with van der Waals surface area (Å²) in [6, 6.07) is 14.9. The highest BCUT2D eigenvalue weighted by atomic mass is 14.8. The second kappa shape index (κ2) is 8.45. The third-order valence-corrected chi connectivity index (χ3v) is 2.63. The molecule has 0 fully saturated rings. The van der Waals surface area contributed by atoms with Crippen LogP contribution in [0.3, 0.4) is 0 Å². The van der Waals surface area contributed by atoms with Crippen LogP contribution in [-0.4, -0.2) is 6.54 Å². The van der Waals surface area contributed by atoms with E-state index in [1.807, 2.05) is 26.1 Å². The fourth-order valence-corrected chi connectivity index (χ4v) is 1.84. The summed E-state index contributed by atoms with van der Waals surface area (Å²) in [6.45, 7) is 5.56. The van der Waals surface area contributed by atoms with Gasteiger partial charge in [0.25, 0.3) is 0 Å². The molecule has 0 saturated heterocycles. The van der Waals surface area contributed by atoms with E-state index in [0.29, 0.717) is 6.54 Å². The first-order chi connectivity index (χ1) is 8.92. The van der Waals surface area contributed by atoms with Crippen molar-refractivity contribution in [2.45, 2.75) is 20.4 Å². The van der Waals surface area contributed by atoms with E-state index in [4.69, 9.17) is 5.73 Å². The SMILES string of the molecule is CC.NC/C=C\[NH2+]Cc1cccc2ccccc12. The first-order valence-corrected chi connectivity index (χ1v) is 6.57. The lowest BCUT2D eigenvalue weighted by Gasteiger charge is -2.03. The zero-order valence-electron chi connectivity index (χ0n) is 11.3. The summed E-state index contributed by atoms with van der Waals surface area (Å²) in [5, 5.41) is 4.79. The second-order valence-electron chi connectivity index (χ2n) is 3.74. The zero-order valence-corrected chi connectivity index (χ0v) is 11.3. The molecule has 0 atom stereocenters. The predicted molar refractivity (Wildman–Crippen MR) is 79.1 cm³/mol. The molecule has 0 aliphatic rings. The third-order valence-electron chi connectivity index (χ3n) is 2.63. The highest BCUT2D eigenvalue weighted by molar-refractivity contribution is 5.85. The van der Waals surface area contributed by atoms with E-state index < -0.39 is 0 Å². The van der Waals surface area contributed by atoms with E-state index in [-0.39, 0.29) is 0 Å². The maximum absolute atomic E-state index is 5.39. The number of hydrogen-bond acceptors (Lipinski definition) is 1. The molecule has 0 bridgehead atoms. The average Bonchev–Trinajstić information content (AvgIpc) is 2.46. The summed E-state index contributed by atoms with van der Waals surface area (Å²) in [7, 11) is 0. The topological polar surface area (TPSA) is 42.6 Å². The first-order valence-electron chi connectivity index (χ1n) is 6.57. The Bertz CT molecular complexity index is 484. The lowest BCUT2D eigenvalue weighted by Crippen LogP contribution is -2.76. The quantitative estimate of drug-likeness (QED) is 0.851. The summed E-state index contributed by atoms with van der Waals surface area (Å²) in [6.07, 6.45) is 3.99. The van der Waals surface area contributed by atoms with Crippen molar-refractivity contribution < 1.29 is 5.32 Å². The van der Waals surface area contributed by atoms with Gasteiger partial charge in [0.05, 0.1) is 6.20 Å². The molecule has 0 spiro atoms. The van der Waals surface area contributed by atoms with E-state index >= 15 is 0 Å². The van der Waals surface area contributed by atoms with Gasteiger partial charge in [-0.2, -0.15) is 0 Å². The Labute approximate surface area is 110 Å². The standard InChI is InChI=1S/C14H16N2.C2H6/c15-9-4-10-16-11-13-7-3-6-12-5-1-2-8-14(12)13;1-2/h1-8,10,16H,9,11,15H2;1-2H3/p+1/b10-4-;.